The summed E-state index contributed by atoms with van der Waals surface area (Å²) in [4.78, 5) is 13.1. The smallest absolute Gasteiger partial charge is 0.152 e. The van der Waals surface area contributed by atoms with Crippen LogP contribution in [0.2, 0.25) is 0 Å². The number of anilines is 1. The summed E-state index contributed by atoms with van der Waals surface area (Å²) in [7, 11) is 0. The molecule has 128 valence electrons. The van der Waals surface area contributed by atoms with Gasteiger partial charge in [0.15, 0.2) is 11.4 Å². The molecule has 0 unspecified atom stereocenters. The van der Waals surface area contributed by atoms with Gasteiger partial charge in [-0.05, 0) is 46.8 Å². The van der Waals surface area contributed by atoms with Gasteiger partial charge in [-0.15, -0.1) is 4.91 Å². The van der Waals surface area contributed by atoms with Gasteiger partial charge in [0.05, 0.1) is 6.61 Å². The van der Waals surface area contributed by atoms with Crippen LogP contribution >= 0.6 is 0 Å². The molecule has 5 heteroatoms. The average Bonchev–Trinajstić information content (AvgIpc) is 2.67. The van der Waals surface area contributed by atoms with Crippen molar-refractivity contribution in [2.75, 3.05) is 24.6 Å². The molecule has 0 saturated carbocycles. The number of fused-ring (bicyclic) bond motifs is 1. The number of hydrogen-bond donors (Lipinski definition) is 2. The van der Waals surface area contributed by atoms with Gasteiger partial charge in [-0.3, -0.25) is 0 Å². The van der Waals surface area contributed by atoms with E-state index in [1.165, 1.54) is 0 Å². The molecule has 0 amide bonds. The van der Waals surface area contributed by atoms with Crippen LogP contribution in [0, 0.1) is 4.91 Å². The summed E-state index contributed by atoms with van der Waals surface area (Å²) in [6, 6.07) is 16.9. The minimum absolute atomic E-state index is 0.0354. The number of benzene rings is 3. The third kappa shape index (κ3) is 3.19. The lowest BCUT2D eigenvalue weighted by atomic mass is 9.96. The summed E-state index contributed by atoms with van der Waals surface area (Å²) < 4.78 is 0. The molecule has 25 heavy (non-hydrogen) atoms. The molecule has 0 bridgehead atoms. The molecule has 0 fully saturated rings. The molecule has 0 saturated heterocycles. The fraction of sp³-hybridized carbons (Fsp3) is 0.200. The van der Waals surface area contributed by atoms with E-state index in [9.17, 15) is 10.0 Å². The van der Waals surface area contributed by atoms with Crippen molar-refractivity contribution in [2.24, 2.45) is 5.18 Å². The second kappa shape index (κ2) is 7.32. The molecule has 0 heterocycles. The van der Waals surface area contributed by atoms with Gasteiger partial charge in [-0.2, -0.15) is 0 Å². The Hall–Kier alpha value is -2.92. The maximum absolute atomic E-state index is 11.1. The first-order valence-corrected chi connectivity index (χ1v) is 8.24. The number of phenols is 1. The van der Waals surface area contributed by atoms with Gasteiger partial charge in [-0.25, -0.2) is 0 Å². The summed E-state index contributed by atoms with van der Waals surface area (Å²) in [5.74, 6) is -0.0916. The number of aromatic hydroxyl groups is 1. The third-order valence-electron chi connectivity index (χ3n) is 4.39. The van der Waals surface area contributed by atoms with Gasteiger partial charge in [0.2, 0.25) is 0 Å². The van der Waals surface area contributed by atoms with E-state index in [1.54, 1.807) is 12.1 Å². The highest BCUT2D eigenvalue weighted by atomic mass is 16.3. The molecule has 0 aliphatic carbocycles. The van der Waals surface area contributed by atoms with Gasteiger partial charge in [-0.1, -0.05) is 36.4 Å². The summed E-state index contributed by atoms with van der Waals surface area (Å²) >= 11 is 0. The Morgan fingerprint density at radius 2 is 1.72 bits per heavy atom. The molecule has 0 aliphatic heterocycles. The number of nitrogens with zero attached hydrogens (tertiary/aromatic N) is 2. The zero-order valence-electron chi connectivity index (χ0n) is 14.0. The molecule has 0 spiro atoms. The Balaban J connectivity index is 2.10. The molecule has 0 radical (unpaired) electrons. The largest absolute Gasteiger partial charge is 0.505 e. The maximum atomic E-state index is 11.1. The van der Waals surface area contributed by atoms with E-state index < -0.39 is 0 Å². The summed E-state index contributed by atoms with van der Waals surface area (Å²) in [5.41, 5.74) is 2.84. The van der Waals surface area contributed by atoms with E-state index >= 15 is 0 Å². The maximum Gasteiger partial charge on any atom is 0.152 e. The van der Waals surface area contributed by atoms with Crippen molar-refractivity contribution in [1.82, 2.24) is 0 Å². The van der Waals surface area contributed by atoms with Crippen LogP contribution in [0.15, 0.2) is 59.8 Å². The second-order valence-corrected chi connectivity index (χ2v) is 5.78. The van der Waals surface area contributed by atoms with Crippen LogP contribution in [0.1, 0.15) is 6.92 Å². The van der Waals surface area contributed by atoms with Gasteiger partial charge in [0.25, 0.3) is 0 Å². The minimum atomic E-state index is -0.0916. The fourth-order valence-corrected chi connectivity index (χ4v) is 3.10. The highest BCUT2D eigenvalue weighted by Crippen LogP contribution is 2.41. The number of aliphatic hydroxyl groups is 1. The summed E-state index contributed by atoms with van der Waals surface area (Å²) in [6.07, 6.45) is 0. The fourth-order valence-electron chi connectivity index (χ4n) is 3.10. The van der Waals surface area contributed by atoms with E-state index in [2.05, 4.69) is 10.1 Å². The van der Waals surface area contributed by atoms with E-state index in [0.29, 0.717) is 11.9 Å². The average molecular weight is 336 g/mol. The van der Waals surface area contributed by atoms with Gasteiger partial charge < -0.3 is 15.1 Å². The molecular formula is C20H20N2O3. The molecule has 2 N–H and O–H groups in total. The zero-order valence-corrected chi connectivity index (χ0v) is 14.0. The first-order valence-electron chi connectivity index (χ1n) is 8.24. The predicted molar refractivity (Wildman–Crippen MR) is 101 cm³/mol. The SMILES string of the molecule is CCN(CCO)c1ccc(-c2cc(N=O)c(O)c3ccccc23)cc1. The van der Waals surface area contributed by atoms with E-state index in [0.717, 1.165) is 28.7 Å². The highest BCUT2D eigenvalue weighted by Gasteiger charge is 2.13. The number of phenolic OH excluding ortho intramolecular Hbond substituents is 1. The van der Waals surface area contributed by atoms with Crippen molar-refractivity contribution in [3.63, 3.8) is 0 Å². The summed E-state index contributed by atoms with van der Waals surface area (Å²) in [6.45, 7) is 3.53. The standard InChI is InChI=1S/C20H20N2O3/c1-2-22(11-12-23)15-9-7-14(8-10-15)18-13-19(21-25)20(24)17-6-4-3-5-16(17)18/h3-10,13,23-24H,2,11-12H2,1H3. The predicted octanol–water partition coefficient (Wildman–Crippen LogP) is 4.43. The first-order chi connectivity index (χ1) is 12.2. The van der Waals surface area contributed by atoms with Crippen LogP contribution in [0.5, 0.6) is 5.75 Å². The highest BCUT2D eigenvalue weighted by molar-refractivity contribution is 6.03. The molecule has 5 nitrogen and oxygen atoms in total. The molecule has 0 aliphatic rings. The molecule has 3 aromatic carbocycles. The zero-order chi connectivity index (χ0) is 17.8. The lowest BCUT2D eigenvalue weighted by Crippen LogP contribution is -2.25. The lowest BCUT2D eigenvalue weighted by Gasteiger charge is -2.22. The van der Waals surface area contributed by atoms with Crippen LogP contribution in [-0.2, 0) is 0 Å². The van der Waals surface area contributed by atoms with E-state index in [1.807, 2.05) is 49.4 Å². The van der Waals surface area contributed by atoms with Crippen molar-refractivity contribution in [1.29, 1.82) is 0 Å². The molecule has 3 rings (SSSR count). The Morgan fingerprint density at radius 3 is 2.32 bits per heavy atom. The van der Waals surface area contributed by atoms with Gasteiger partial charge >= 0.3 is 0 Å². The minimum Gasteiger partial charge on any atom is -0.505 e. The number of hydrogen-bond acceptors (Lipinski definition) is 5. The van der Waals surface area contributed by atoms with Gasteiger partial charge in [0.1, 0.15) is 0 Å². The van der Waals surface area contributed by atoms with Crippen molar-refractivity contribution >= 4 is 22.1 Å². The Labute approximate surface area is 146 Å². The van der Waals surface area contributed by atoms with Crippen molar-refractivity contribution < 1.29 is 10.2 Å². The number of nitroso groups, excluding NO2 is 1. The van der Waals surface area contributed by atoms with E-state index in [-0.39, 0.29) is 18.0 Å². The van der Waals surface area contributed by atoms with E-state index in [4.69, 9.17) is 5.11 Å². The van der Waals surface area contributed by atoms with Crippen molar-refractivity contribution in [2.45, 2.75) is 6.92 Å². The van der Waals surface area contributed by atoms with Crippen molar-refractivity contribution in [3.05, 3.63) is 59.5 Å². The summed E-state index contributed by atoms with van der Waals surface area (Å²) in [5, 5.41) is 23.8. The second-order valence-electron chi connectivity index (χ2n) is 5.78. The molecule has 0 atom stereocenters. The number of likely N-dealkylation sites (N-methyl/N-ethyl adjacent to an activating group) is 1. The monoisotopic (exact) mass is 336 g/mol. The van der Waals surface area contributed by atoms with Crippen LogP contribution in [-0.4, -0.2) is 29.9 Å². The topological polar surface area (TPSA) is 73.1 Å². The number of rotatable bonds is 6. The lowest BCUT2D eigenvalue weighted by molar-refractivity contribution is 0.302. The van der Waals surface area contributed by atoms with Crippen LogP contribution in [0.4, 0.5) is 11.4 Å². The Kier molecular flexibility index (Phi) is 4.95. The molecule has 0 aromatic heterocycles. The molecule has 3 aromatic rings. The van der Waals surface area contributed by atoms with Gasteiger partial charge in [0, 0.05) is 24.2 Å². The quantitative estimate of drug-likeness (QED) is 0.653. The first kappa shape index (κ1) is 16.9. The number of aliphatic hydroxyl groups excluding tert-OH is 1. The third-order valence-corrected chi connectivity index (χ3v) is 4.39. The Morgan fingerprint density at radius 1 is 1.04 bits per heavy atom. The normalized spacial score (nSPS) is 10.8. The Bertz CT molecular complexity index is 891. The van der Waals surface area contributed by atoms with Crippen LogP contribution < -0.4 is 4.90 Å². The van der Waals surface area contributed by atoms with Crippen LogP contribution in [0.3, 0.4) is 0 Å². The van der Waals surface area contributed by atoms with Crippen LogP contribution in [0.25, 0.3) is 21.9 Å². The van der Waals surface area contributed by atoms with Crippen molar-refractivity contribution in [3.8, 4) is 16.9 Å². The molecular weight excluding hydrogens is 316 g/mol.